The molecule has 0 fully saturated rings. The van der Waals surface area contributed by atoms with E-state index in [4.69, 9.17) is 0 Å². The summed E-state index contributed by atoms with van der Waals surface area (Å²) >= 11 is 3.25. The standard InChI is InChI=1S/C16H13BrN4O3S/c17-11-6-8-13(9-7-11)25(23,24)21-14-10-18-20-15(14)16(22)19-12-4-2-1-3-5-12/h1-10,21H,(H,18,20)(H,19,22). The highest BCUT2D eigenvalue weighted by Crippen LogP contribution is 2.21. The Morgan fingerprint density at radius 2 is 1.72 bits per heavy atom. The molecule has 0 saturated carbocycles. The van der Waals surface area contributed by atoms with Crippen LogP contribution in [-0.4, -0.2) is 24.5 Å². The highest BCUT2D eigenvalue weighted by Gasteiger charge is 2.21. The van der Waals surface area contributed by atoms with Crippen LogP contribution < -0.4 is 10.0 Å². The van der Waals surface area contributed by atoms with Crippen LogP contribution in [0.15, 0.2) is 70.2 Å². The molecule has 0 bridgehead atoms. The van der Waals surface area contributed by atoms with Gasteiger partial charge >= 0.3 is 0 Å². The van der Waals surface area contributed by atoms with Gasteiger partial charge in [0, 0.05) is 16.4 Å². The second-order valence-corrected chi connectivity index (χ2v) is 7.63. The normalized spacial score (nSPS) is 11.1. The van der Waals surface area contributed by atoms with Gasteiger partial charge in [0.15, 0.2) is 5.69 Å². The highest BCUT2D eigenvalue weighted by atomic mass is 79.9. The van der Waals surface area contributed by atoms with Crippen LogP contribution in [0.3, 0.4) is 0 Å². The third kappa shape index (κ3) is 4.06. The predicted molar refractivity (Wildman–Crippen MR) is 97.9 cm³/mol. The fourth-order valence-electron chi connectivity index (χ4n) is 2.07. The van der Waals surface area contributed by atoms with E-state index < -0.39 is 15.9 Å². The molecule has 0 aliphatic carbocycles. The minimum absolute atomic E-state index is 0.0514. The molecular formula is C16H13BrN4O3S. The quantitative estimate of drug-likeness (QED) is 0.589. The molecular weight excluding hydrogens is 408 g/mol. The fraction of sp³-hybridized carbons (Fsp3) is 0. The van der Waals surface area contributed by atoms with Crippen LogP contribution in [0, 0.1) is 0 Å². The van der Waals surface area contributed by atoms with Crippen LogP contribution in [0.2, 0.25) is 0 Å². The van der Waals surface area contributed by atoms with Crippen molar-refractivity contribution in [2.45, 2.75) is 4.90 Å². The Kier molecular flexibility index (Phi) is 4.86. The van der Waals surface area contributed by atoms with Gasteiger partial charge < -0.3 is 5.32 Å². The van der Waals surface area contributed by atoms with Gasteiger partial charge in [0.1, 0.15) is 0 Å². The number of nitrogens with one attached hydrogen (secondary N) is 3. The summed E-state index contributed by atoms with van der Waals surface area (Å²) in [6.07, 6.45) is 1.32. The number of carbonyl (C=O) groups excluding carboxylic acids is 1. The molecule has 0 aliphatic heterocycles. The predicted octanol–water partition coefficient (Wildman–Crippen LogP) is 3.23. The molecule has 0 unspecified atom stereocenters. The molecule has 3 N–H and O–H groups in total. The van der Waals surface area contributed by atoms with Crippen molar-refractivity contribution in [1.29, 1.82) is 0 Å². The number of para-hydroxylation sites is 1. The minimum atomic E-state index is -3.84. The van der Waals surface area contributed by atoms with Gasteiger partial charge in [-0.05, 0) is 36.4 Å². The molecule has 128 valence electrons. The van der Waals surface area contributed by atoms with Crippen molar-refractivity contribution in [2.75, 3.05) is 10.0 Å². The van der Waals surface area contributed by atoms with E-state index in [1.54, 1.807) is 36.4 Å². The maximum atomic E-state index is 12.4. The van der Waals surface area contributed by atoms with E-state index in [9.17, 15) is 13.2 Å². The van der Waals surface area contributed by atoms with Gasteiger partial charge in [-0.3, -0.25) is 14.6 Å². The Hall–Kier alpha value is -2.65. The topological polar surface area (TPSA) is 104 Å². The van der Waals surface area contributed by atoms with E-state index >= 15 is 0 Å². The maximum Gasteiger partial charge on any atom is 0.278 e. The summed E-state index contributed by atoms with van der Waals surface area (Å²) in [5.41, 5.74) is 0.595. The van der Waals surface area contributed by atoms with E-state index in [0.29, 0.717) is 5.69 Å². The van der Waals surface area contributed by atoms with Crippen molar-refractivity contribution in [3.8, 4) is 0 Å². The van der Waals surface area contributed by atoms with E-state index in [1.807, 2.05) is 6.07 Å². The van der Waals surface area contributed by atoms with E-state index in [2.05, 4.69) is 36.2 Å². The Labute approximate surface area is 152 Å². The molecule has 0 spiro atoms. The number of hydrogen-bond donors (Lipinski definition) is 3. The van der Waals surface area contributed by atoms with Crippen LogP contribution >= 0.6 is 15.9 Å². The van der Waals surface area contributed by atoms with Crippen LogP contribution in [0.25, 0.3) is 0 Å². The molecule has 2 aromatic carbocycles. The van der Waals surface area contributed by atoms with Gasteiger partial charge in [-0.1, -0.05) is 34.1 Å². The lowest BCUT2D eigenvalue weighted by Crippen LogP contribution is -2.18. The van der Waals surface area contributed by atoms with Crippen LogP contribution in [0.5, 0.6) is 0 Å². The lowest BCUT2D eigenvalue weighted by molar-refractivity contribution is 0.102. The molecule has 3 rings (SSSR count). The molecule has 9 heteroatoms. The van der Waals surface area contributed by atoms with Crippen LogP contribution in [0.4, 0.5) is 11.4 Å². The summed E-state index contributed by atoms with van der Waals surface area (Å²) in [7, 11) is -3.84. The first-order chi connectivity index (χ1) is 12.0. The van der Waals surface area contributed by atoms with Gasteiger partial charge in [-0.15, -0.1) is 0 Å². The molecule has 3 aromatic rings. The summed E-state index contributed by atoms with van der Waals surface area (Å²) in [6.45, 7) is 0. The van der Waals surface area contributed by atoms with Gasteiger partial charge in [-0.25, -0.2) is 8.42 Å². The number of aromatic nitrogens is 2. The molecule has 1 amide bonds. The molecule has 0 radical (unpaired) electrons. The molecule has 25 heavy (non-hydrogen) atoms. The number of H-pyrrole nitrogens is 1. The first-order valence-corrected chi connectivity index (χ1v) is 9.42. The summed E-state index contributed by atoms with van der Waals surface area (Å²) in [4.78, 5) is 12.4. The number of halogens is 1. The van der Waals surface area contributed by atoms with Crippen LogP contribution in [-0.2, 0) is 10.0 Å². The maximum absolute atomic E-state index is 12.4. The summed E-state index contributed by atoms with van der Waals surface area (Å²) in [6, 6.07) is 15.0. The number of carbonyl (C=O) groups is 1. The zero-order chi connectivity index (χ0) is 17.9. The molecule has 1 aromatic heterocycles. The SMILES string of the molecule is O=C(Nc1ccccc1)c1n[nH]cc1NS(=O)(=O)c1ccc(Br)cc1. The van der Waals surface area contributed by atoms with Crippen molar-refractivity contribution >= 4 is 43.2 Å². The van der Waals surface area contributed by atoms with E-state index in [-0.39, 0.29) is 16.3 Å². The molecule has 0 atom stereocenters. The largest absolute Gasteiger partial charge is 0.321 e. The monoisotopic (exact) mass is 420 g/mol. The Balaban J connectivity index is 1.82. The number of aromatic amines is 1. The van der Waals surface area contributed by atoms with Gasteiger partial charge in [0.25, 0.3) is 15.9 Å². The van der Waals surface area contributed by atoms with Crippen molar-refractivity contribution in [1.82, 2.24) is 10.2 Å². The molecule has 7 nitrogen and oxygen atoms in total. The van der Waals surface area contributed by atoms with Crippen molar-refractivity contribution in [2.24, 2.45) is 0 Å². The van der Waals surface area contributed by atoms with E-state index in [1.165, 1.54) is 18.3 Å². The highest BCUT2D eigenvalue weighted by molar-refractivity contribution is 9.10. The zero-order valence-corrected chi connectivity index (χ0v) is 15.1. The smallest absolute Gasteiger partial charge is 0.278 e. The second kappa shape index (κ2) is 7.08. The third-order valence-corrected chi connectivity index (χ3v) is 5.17. The average Bonchev–Trinajstić information content (AvgIpc) is 3.03. The molecule has 0 saturated heterocycles. The van der Waals surface area contributed by atoms with E-state index in [0.717, 1.165) is 4.47 Å². The number of rotatable bonds is 5. The average molecular weight is 421 g/mol. The van der Waals surface area contributed by atoms with Gasteiger partial charge in [0.05, 0.1) is 10.6 Å². The first-order valence-electron chi connectivity index (χ1n) is 7.14. The van der Waals surface area contributed by atoms with Gasteiger partial charge in [0.2, 0.25) is 0 Å². The first kappa shape index (κ1) is 17.2. The van der Waals surface area contributed by atoms with Crippen molar-refractivity contribution in [3.63, 3.8) is 0 Å². The zero-order valence-electron chi connectivity index (χ0n) is 12.7. The Bertz CT molecular complexity index is 986. The lowest BCUT2D eigenvalue weighted by Gasteiger charge is -2.08. The molecule has 1 heterocycles. The number of nitrogens with zero attached hydrogens (tertiary/aromatic N) is 1. The second-order valence-electron chi connectivity index (χ2n) is 5.03. The minimum Gasteiger partial charge on any atom is -0.321 e. The number of amides is 1. The number of anilines is 2. The number of sulfonamides is 1. The van der Waals surface area contributed by atoms with Crippen molar-refractivity contribution < 1.29 is 13.2 Å². The summed E-state index contributed by atoms with van der Waals surface area (Å²) < 4.78 is 28.0. The summed E-state index contributed by atoms with van der Waals surface area (Å²) in [5.74, 6) is -0.527. The third-order valence-electron chi connectivity index (χ3n) is 3.26. The Morgan fingerprint density at radius 3 is 2.40 bits per heavy atom. The summed E-state index contributed by atoms with van der Waals surface area (Å²) in [5, 5.41) is 8.99. The lowest BCUT2D eigenvalue weighted by atomic mass is 10.3. The van der Waals surface area contributed by atoms with Crippen LogP contribution in [0.1, 0.15) is 10.5 Å². The van der Waals surface area contributed by atoms with Crippen molar-refractivity contribution in [3.05, 3.63) is 71.0 Å². The Morgan fingerprint density at radius 1 is 1.04 bits per heavy atom. The number of benzene rings is 2. The molecule has 0 aliphatic rings. The number of hydrogen-bond acceptors (Lipinski definition) is 4. The fourth-order valence-corrected chi connectivity index (χ4v) is 3.39. The van der Waals surface area contributed by atoms with Gasteiger partial charge in [-0.2, -0.15) is 5.10 Å².